The predicted octanol–water partition coefficient (Wildman–Crippen LogP) is 3.62. The largest absolute Gasteiger partial charge is 0.508 e. The number of phenols is 1. The van der Waals surface area contributed by atoms with Gasteiger partial charge in [-0.05, 0) is 29.8 Å². The maximum Gasteiger partial charge on any atom is 0.347 e. The van der Waals surface area contributed by atoms with Crippen molar-refractivity contribution in [3.05, 3.63) is 82.6 Å². The average molecular weight is 291 g/mol. The maximum atomic E-state index is 11.8. The lowest BCUT2D eigenvalue weighted by molar-refractivity contribution is 0.475. The number of phenolic OH excluding ortho intramolecular Hbond substituents is 1. The van der Waals surface area contributed by atoms with Crippen LogP contribution < -0.4 is 5.63 Å². The highest BCUT2D eigenvalue weighted by molar-refractivity contribution is 5.77. The van der Waals surface area contributed by atoms with Crippen molar-refractivity contribution in [3.63, 3.8) is 0 Å². The van der Waals surface area contributed by atoms with E-state index >= 15 is 0 Å². The van der Waals surface area contributed by atoms with Crippen LogP contribution in [0.25, 0.3) is 23.1 Å². The second kappa shape index (κ2) is 6.10. The SMILES string of the molecule is O=c1oc(/C=C/C=C/c2ccc(O)cc2)nc2ccccc12. The van der Waals surface area contributed by atoms with Gasteiger partial charge >= 0.3 is 5.63 Å². The molecule has 4 heteroatoms. The summed E-state index contributed by atoms with van der Waals surface area (Å²) in [6, 6.07) is 13.9. The summed E-state index contributed by atoms with van der Waals surface area (Å²) in [6.07, 6.45) is 7.05. The molecule has 1 heterocycles. The molecule has 108 valence electrons. The molecular weight excluding hydrogens is 278 g/mol. The van der Waals surface area contributed by atoms with Crippen LogP contribution in [0.2, 0.25) is 0 Å². The molecule has 0 spiro atoms. The third kappa shape index (κ3) is 3.12. The van der Waals surface area contributed by atoms with E-state index in [2.05, 4.69) is 4.98 Å². The molecule has 3 aromatic rings. The molecule has 0 amide bonds. The van der Waals surface area contributed by atoms with Gasteiger partial charge in [-0.2, -0.15) is 0 Å². The van der Waals surface area contributed by atoms with Crippen molar-refractivity contribution in [2.45, 2.75) is 0 Å². The molecule has 22 heavy (non-hydrogen) atoms. The molecule has 2 aromatic carbocycles. The van der Waals surface area contributed by atoms with Crippen molar-refractivity contribution < 1.29 is 9.52 Å². The zero-order valence-electron chi connectivity index (χ0n) is 11.6. The van der Waals surface area contributed by atoms with E-state index in [0.717, 1.165) is 5.56 Å². The Morgan fingerprint density at radius 1 is 0.955 bits per heavy atom. The van der Waals surface area contributed by atoms with Gasteiger partial charge in [0.05, 0.1) is 10.9 Å². The van der Waals surface area contributed by atoms with Gasteiger partial charge in [-0.1, -0.05) is 42.5 Å². The van der Waals surface area contributed by atoms with E-state index in [9.17, 15) is 9.90 Å². The van der Waals surface area contributed by atoms with Crippen molar-refractivity contribution in [1.82, 2.24) is 4.98 Å². The van der Waals surface area contributed by atoms with Crippen LogP contribution in [-0.4, -0.2) is 10.1 Å². The molecular formula is C18H13NO3. The second-order valence-electron chi connectivity index (χ2n) is 4.67. The van der Waals surface area contributed by atoms with Crippen molar-refractivity contribution in [2.24, 2.45) is 0 Å². The number of hydrogen-bond acceptors (Lipinski definition) is 4. The van der Waals surface area contributed by atoms with Crippen LogP contribution in [0, 0.1) is 0 Å². The molecule has 0 aliphatic rings. The molecule has 1 aromatic heterocycles. The van der Waals surface area contributed by atoms with Gasteiger partial charge in [-0.3, -0.25) is 0 Å². The van der Waals surface area contributed by atoms with E-state index in [-0.39, 0.29) is 11.6 Å². The summed E-state index contributed by atoms with van der Waals surface area (Å²) >= 11 is 0. The smallest absolute Gasteiger partial charge is 0.347 e. The summed E-state index contributed by atoms with van der Waals surface area (Å²) in [5, 5.41) is 9.67. The molecule has 0 aliphatic carbocycles. The highest BCUT2D eigenvalue weighted by atomic mass is 16.4. The third-order valence-corrected chi connectivity index (χ3v) is 3.08. The zero-order valence-corrected chi connectivity index (χ0v) is 11.6. The first-order valence-corrected chi connectivity index (χ1v) is 6.76. The fourth-order valence-electron chi connectivity index (χ4n) is 2.00. The molecule has 0 aliphatic heterocycles. The first kappa shape index (κ1) is 13.8. The number of fused-ring (bicyclic) bond motifs is 1. The minimum atomic E-state index is -0.396. The van der Waals surface area contributed by atoms with Gasteiger partial charge in [0.1, 0.15) is 5.75 Å². The van der Waals surface area contributed by atoms with E-state index in [1.807, 2.05) is 18.2 Å². The van der Waals surface area contributed by atoms with E-state index in [1.165, 1.54) is 0 Å². The van der Waals surface area contributed by atoms with E-state index in [1.54, 1.807) is 54.6 Å². The number of rotatable bonds is 3. The fourth-order valence-corrected chi connectivity index (χ4v) is 2.00. The number of aromatic nitrogens is 1. The molecule has 0 atom stereocenters. The van der Waals surface area contributed by atoms with Crippen LogP contribution in [0.5, 0.6) is 5.75 Å². The van der Waals surface area contributed by atoms with Gasteiger partial charge in [-0.25, -0.2) is 9.78 Å². The van der Waals surface area contributed by atoms with E-state index in [0.29, 0.717) is 10.9 Å². The Bertz CT molecular complexity index is 906. The minimum Gasteiger partial charge on any atom is -0.508 e. The number of aromatic hydroxyl groups is 1. The van der Waals surface area contributed by atoms with Crippen LogP contribution in [0.1, 0.15) is 11.5 Å². The topological polar surface area (TPSA) is 63.3 Å². The maximum absolute atomic E-state index is 11.8. The van der Waals surface area contributed by atoms with Gasteiger partial charge in [-0.15, -0.1) is 0 Å². The summed E-state index contributed by atoms with van der Waals surface area (Å²) in [4.78, 5) is 16.1. The van der Waals surface area contributed by atoms with Crippen molar-refractivity contribution in [3.8, 4) is 5.75 Å². The van der Waals surface area contributed by atoms with Gasteiger partial charge < -0.3 is 9.52 Å². The fraction of sp³-hybridized carbons (Fsp3) is 0. The first-order valence-electron chi connectivity index (χ1n) is 6.76. The number of para-hydroxylation sites is 1. The standard InChI is InChI=1S/C18H13NO3/c20-14-11-9-13(10-12-14)5-1-4-8-17-19-16-7-3-2-6-15(16)18(21)22-17/h1-12,20H/b5-1+,8-4+. The molecule has 4 nitrogen and oxygen atoms in total. The third-order valence-electron chi connectivity index (χ3n) is 3.08. The molecule has 0 fully saturated rings. The second-order valence-corrected chi connectivity index (χ2v) is 4.67. The zero-order chi connectivity index (χ0) is 15.4. The number of nitrogens with zero attached hydrogens (tertiary/aromatic N) is 1. The Morgan fingerprint density at radius 2 is 1.68 bits per heavy atom. The lowest BCUT2D eigenvalue weighted by Gasteiger charge is -1.96. The summed E-state index contributed by atoms with van der Waals surface area (Å²) in [6.45, 7) is 0. The molecule has 0 bridgehead atoms. The first-order chi connectivity index (χ1) is 10.7. The molecule has 1 N–H and O–H groups in total. The number of hydrogen-bond donors (Lipinski definition) is 1. The number of benzene rings is 2. The van der Waals surface area contributed by atoms with Crippen molar-refractivity contribution >= 4 is 23.1 Å². The average Bonchev–Trinajstić information content (AvgIpc) is 2.53. The normalized spacial score (nSPS) is 11.6. The monoisotopic (exact) mass is 291 g/mol. The Labute approximate surface area is 126 Å². The van der Waals surface area contributed by atoms with Crippen LogP contribution in [0.15, 0.2) is 69.9 Å². The van der Waals surface area contributed by atoms with Crippen LogP contribution in [0.4, 0.5) is 0 Å². The minimum absolute atomic E-state index is 0.231. The van der Waals surface area contributed by atoms with Gasteiger partial charge in [0.25, 0.3) is 0 Å². The van der Waals surface area contributed by atoms with Gasteiger partial charge in [0, 0.05) is 6.08 Å². The van der Waals surface area contributed by atoms with Crippen molar-refractivity contribution in [1.29, 1.82) is 0 Å². The van der Waals surface area contributed by atoms with Gasteiger partial charge in [0.2, 0.25) is 5.89 Å². The molecule has 0 radical (unpaired) electrons. The van der Waals surface area contributed by atoms with Crippen LogP contribution in [0.3, 0.4) is 0 Å². The quantitative estimate of drug-likeness (QED) is 0.749. The van der Waals surface area contributed by atoms with E-state index in [4.69, 9.17) is 4.42 Å². The summed E-state index contributed by atoms with van der Waals surface area (Å²) in [5.74, 6) is 0.494. The molecule has 3 rings (SSSR count). The predicted molar refractivity (Wildman–Crippen MR) is 86.5 cm³/mol. The molecule has 0 saturated carbocycles. The number of allylic oxidation sites excluding steroid dienone is 2. The van der Waals surface area contributed by atoms with Gasteiger partial charge in [0.15, 0.2) is 0 Å². The Morgan fingerprint density at radius 3 is 2.50 bits per heavy atom. The summed E-state index contributed by atoms with van der Waals surface area (Å²) in [5.41, 5.74) is 1.17. The highest BCUT2D eigenvalue weighted by Crippen LogP contribution is 2.11. The Balaban J connectivity index is 1.80. The molecule has 0 saturated heterocycles. The Hall–Kier alpha value is -3.14. The molecule has 0 unspecified atom stereocenters. The Kier molecular flexibility index (Phi) is 3.83. The highest BCUT2D eigenvalue weighted by Gasteiger charge is 2.02. The van der Waals surface area contributed by atoms with Crippen molar-refractivity contribution in [2.75, 3.05) is 0 Å². The van der Waals surface area contributed by atoms with Crippen LogP contribution in [-0.2, 0) is 0 Å². The van der Waals surface area contributed by atoms with Crippen LogP contribution >= 0.6 is 0 Å². The summed E-state index contributed by atoms with van der Waals surface area (Å²) < 4.78 is 5.14. The lowest BCUT2D eigenvalue weighted by atomic mass is 10.2. The lowest BCUT2D eigenvalue weighted by Crippen LogP contribution is -2.02. The summed E-state index contributed by atoms with van der Waals surface area (Å²) in [7, 11) is 0. The van der Waals surface area contributed by atoms with E-state index < -0.39 is 5.63 Å².